The first kappa shape index (κ1) is 17.7. The Morgan fingerprint density at radius 3 is 2.48 bits per heavy atom. The molecule has 0 saturated carbocycles. The Bertz CT molecular complexity index is 844. The van der Waals surface area contributed by atoms with Crippen LogP contribution >= 0.6 is 0 Å². The van der Waals surface area contributed by atoms with Crippen LogP contribution in [0.3, 0.4) is 0 Å². The highest BCUT2D eigenvalue weighted by Crippen LogP contribution is 2.30. The van der Waals surface area contributed by atoms with Crippen LogP contribution in [0.5, 0.6) is 0 Å². The molecule has 2 amide bonds. The van der Waals surface area contributed by atoms with E-state index in [1.165, 1.54) is 0 Å². The third-order valence-electron chi connectivity index (χ3n) is 5.06. The molecule has 0 spiro atoms. The van der Waals surface area contributed by atoms with E-state index in [2.05, 4.69) is 4.90 Å². The van der Waals surface area contributed by atoms with Crippen LogP contribution in [0.1, 0.15) is 15.9 Å². The molecule has 2 aromatic carbocycles. The second-order valence-corrected chi connectivity index (χ2v) is 6.94. The molecule has 1 saturated heterocycles. The number of aryl methyl sites for hydroxylation is 1. The third kappa shape index (κ3) is 3.59. The number of anilines is 2. The lowest BCUT2D eigenvalue weighted by Crippen LogP contribution is -2.52. The number of ether oxygens (including phenoxy) is 1. The standard InChI is InChI=1S/C21H23N3O3/c1-16-6-8-17(9-7-16)23-15-24(19-5-3-2-4-18(19)21(23)26)20(25)14-22-10-12-27-13-11-22/h2-9H,10-15H2,1H3. The van der Waals surface area contributed by atoms with Crippen molar-refractivity contribution >= 4 is 23.2 Å². The minimum atomic E-state index is -0.0788. The Morgan fingerprint density at radius 1 is 1.04 bits per heavy atom. The number of hydrogen-bond donors (Lipinski definition) is 0. The summed E-state index contributed by atoms with van der Waals surface area (Å²) in [5, 5.41) is 0. The number of nitrogens with zero attached hydrogens (tertiary/aromatic N) is 3. The number of amides is 2. The summed E-state index contributed by atoms with van der Waals surface area (Å²) in [6.45, 7) is 5.37. The minimum absolute atomic E-state index is 0.00559. The second kappa shape index (κ2) is 7.50. The molecule has 4 rings (SSSR count). The number of fused-ring (bicyclic) bond motifs is 1. The van der Waals surface area contributed by atoms with Crippen molar-refractivity contribution in [2.24, 2.45) is 0 Å². The zero-order valence-electron chi connectivity index (χ0n) is 15.4. The molecule has 0 atom stereocenters. The van der Waals surface area contributed by atoms with E-state index in [0.29, 0.717) is 31.0 Å². The van der Waals surface area contributed by atoms with Gasteiger partial charge in [-0.3, -0.25) is 24.3 Å². The minimum Gasteiger partial charge on any atom is -0.379 e. The molecule has 0 aromatic heterocycles. The molecular weight excluding hydrogens is 342 g/mol. The highest BCUT2D eigenvalue weighted by atomic mass is 16.5. The first-order valence-electron chi connectivity index (χ1n) is 9.21. The topological polar surface area (TPSA) is 53.1 Å². The predicted octanol–water partition coefficient (Wildman–Crippen LogP) is 2.28. The molecule has 2 aromatic rings. The van der Waals surface area contributed by atoms with Crippen LogP contribution in [0.4, 0.5) is 11.4 Å². The van der Waals surface area contributed by atoms with Crippen molar-refractivity contribution in [1.29, 1.82) is 0 Å². The molecular formula is C21H23N3O3. The van der Waals surface area contributed by atoms with Crippen LogP contribution in [0, 0.1) is 6.92 Å². The zero-order chi connectivity index (χ0) is 18.8. The van der Waals surface area contributed by atoms with Gasteiger partial charge in [-0.25, -0.2) is 0 Å². The molecule has 2 heterocycles. The number of morpholine rings is 1. The van der Waals surface area contributed by atoms with Crippen molar-refractivity contribution in [2.45, 2.75) is 6.92 Å². The maximum absolute atomic E-state index is 13.1. The predicted molar refractivity (Wildman–Crippen MR) is 104 cm³/mol. The first-order chi connectivity index (χ1) is 13.1. The molecule has 0 aliphatic carbocycles. The molecule has 2 aliphatic heterocycles. The van der Waals surface area contributed by atoms with Gasteiger partial charge in [-0.05, 0) is 31.2 Å². The Balaban J connectivity index is 1.63. The van der Waals surface area contributed by atoms with Crippen molar-refractivity contribution in [2.75, 3.05) is 49.3 Å². The summed E-state index contributed by atoms with van der Waals surface area (Å²) < 4.78 is 5.36. The normalized spacial score (nSPS) is 17.7. The fourth-order valence-electron chi connectivity index (χ4n) is 3.49. The van der Waals surface area contributed by atoms with Gasteiger partial charge in [-0.2, -0.15) is 0 Å². The van der Waals surface area contributed by atoms with Crippen LogP contribution in [0.25, 0.3) is 0 Å². The molecule has 2 aliphatic rings. The van der Waals surface area contributed by atoms with Gasteiger partial charge in [0.05, 0.1) is 31.0 Å². The number of para-hydroxylation sites is 1. The van der Waals surface area contributed by atoms with Gasteiger partial charge >= 0.3 is 0 Å². The van der Waals surface area contributed by atoms with E-state index in [-0.39, 0.29) is 18.5 Å². The summed E-state index contributed by atoms with van der Waals surface area (Å²) in [6, 6.07) is 15.1. The Labute approximate surface area is 158 Å². The summed E-state index contributed by atoms with van der Waals surface area (Å²) in [5.74, 6) is -0.0844. The van der Waals surface area contributed by atoms with Crippen molar-refractivity contribution in [1.82, 2.24) is 4.90 Å². The molecule has 6 nitrogen and oxygen atoms in total. The number of hydrogen-bond acceptors (Lipinski definition) is 4. The lowest BCUT2D eigenvalue weighted by atomic mass is 10.1. The van der Waals surface area contributed by atoms with Gasteiger partial charge in [0.25, 0.3) is 5.91 Å². The average molecular weight is 365 g/mol. The summed E-state index contributed by atoms with van der Waals surface area (Å²) in [6.07, 6.45) is 0. The highest BCUT2D eigenvalue weighted by molar-refractivity contribution is 6.15. The molecule has 1 fully saturated rings. The van der Waals surface area contributed by atoms with E-state index in [4.69, 9.17) is 4.74 Å². The van der Waals surface area contributed by atoms with Gasteiger partial charge in [0.2, 0.25) is 5.91 Å². The summed E-state index contributed by atoms with van der Waals surface area (Å²) in [5.41, 5.74) is 3.16. The number of carbonyl (C=O) groups excluding carboxylic acids is 2. The molecule has 140 valence electrons. The van der Waals surface area contributed by atoms with E-state index in [1.807, 2.05) is 49.4 Å². The maximum Gasteiger partial charge on any atom is 0.261 e. The second-order valence-electron chi connectivity index (χ2n) is 6.94. The Kier molecular flexibility index (Phi) is 4.92. The van der Waals surface area contributed by atoms with Crippen LogP contribution in [-0.4, -0.2) is 56.2 Å². The van der Waals surface area contributed by atoms with E-state index < -0.39 is 0 Å². The summed E-state index contributed by atoms with van der Waals surface area (Å²) in [7, 11) is 0. The largest absolute Gasteiger partial charge is 0.379 e. The van der Waals surface area contributed by atoms with Crippen LogP contribution < -0.4 is 9.80 Å². The summed E-state index contributed by atoms with van der Waals surface area (Å²) >= 11 is 0. The fourth-order valence-corrected chi connectivity index (χ4v) is 3.49. The SMILES string of the molecule is Cc1ccc(N2CN(C(=O)CN3CCOCC3)c3ccccc3C2=O)cc1. The summed E-state index contributed by atoms with van der Waals surface area (Å²) in [4.78, 5) is 31.6. The molecule has 6 heteroatoms. The van der Waals surface area contributed by atoms with Crippen LogP contribution in [0.15, 0.2) is 48.5 Å². The molecule has 0 radical (unpaired) electrons. The monoisotopic (exact) mass is 365 g/mol. The van der Waals surface area contributed by atoms with E-state index in [0.717, 1.165) is 24.3 Å². The van der Waals surface area contributed by atoms with E-state index >= 15 is 0 Å². The smallest absolute Gasteiger partial charge is 0.261 e. The quantitative estimate of drug-likeness (QED) is 0.837. The number of benzene rings is 2. The van der Waals surface area contributed by atoms with Crippen molar-refractivity contribution in [3.05, 3.63) is 59.7 Å². The average Bonchev–Trinajstić information content (AvgIpc) is 2.70. The molecule has 0 N–H and O–H groups in total. The lowest BCUT2D eigenvalue weighted by molar-refractivity contribution is -0.120. The maximum atomic E-state index is 13.1. The first-order valence-corrected chi connectivity index (χ1v) is 9.21. The molecule has 0 unspecified atom stereocenters. The van der Waals surface area contributed by atoms with Gasteiger partial charge in [-0.1, -0.05) is 29.8 Å². The lowest BCUT2D eigenvalue weighted by Gasteiger charge is -2.38. The number of carbonyl (C=O) groups is 2. The van der Waals surface area contributed by atoms with Crippen molar-refractivity contribution in [3.63, 3.8) is 0 Å². The van der Waals surface area contributed by atoms with E-state index in [9.17, 15) is 9.59 Å². The zero-order valence-corrected chi connectivity index (χ0v) is 15.4. The fraction of sp³-hybridized carbons (Fsp3) is 0.333. The highest BCUT2D eigenvalue weighted by Gasteiger charge is 2.33. The van der Waals surface area contributed by atoms with Crippen LogP contribution in [-0.2, 0) is 9.53 Å². The van der Waals surface area contributed by atoms with Crippen LogP contribution in [0.2, 0.25) is 0 Å². The Morgan fingerprint density at radius 2 is 1.74 bits per heavy atom. The van der Waals surface area contributed by atoms with Crippen molar-refractivity contribution < 1.29 is 14.3 Å². The Hall–Kier alpha value is -2.70. The van der Waals surface area contributed by atoms with Gasteiger partial charge in [0.1, 0.15) is 6.67 Å². The van der Waals surface area contributed by atoms with Gasteiger partial charge < -0.3 is 4.74 Å². The molecule has 0 bridgehead atoms. The van der Waals surface area contributed by atoms with Gasteiger partial charge in [-0.15, -0.1) is 0 Å². The number of rotatable bonds is 3. The third-order valence-corrected chi connectivity index (χ3v) is 5.06. The van der Waals surface area contributed by atoms with Gasteiger partial charge in [0.15, 0.2) is 0 Å². The van der Waals surface area contributed by atoms with E-state index in [1.54, 1.807) is 15.9 Å². The van der Waals surface area contributed by atoms with Crippen molar-refractivity contribution in [3.8, 4) is 0 Å². The van der Waals surface area contributed by atoms with Gasteiger partial charge in [0, 0.05) is 18.8 Å². The molecule has 27 heavy (non-hydrogen) atoms.